The molecule has 0 radical (unpaired) electrons. The molecule has 1 atom stereocenters. The summed E-state index contributed by atoms with van der Waals surface area (Å²) < 4.78 is 6.81. The van der Waals surface area contributed by atoms with Gasteiger partial charge in [0.2, 0.25) is 0 Å². The first-order valence-corrected chi connectivity index (χ1v) is 5.64. The van der Waals surface area contributed by atoms with Crippen molar-refractivity contribution in [3.63, 3.8) is 0 Å². The van der Waals surface area contributed by atoms with Gasteiger partial charge in [-0.3, -0.25) is 0 Å². The van der Waals surface area contributed by atoms with Crippen LogP contribution < -0.4 is 10.1 Å². The van der Waals surface area contributed by atoms with Crippen molar-refractivity contribution in [2.24, 2.45) is 5.92 Å². The van der Waals surface area contributed by atoms with Gasteiger partial charge in [-0.25, -0.2) is 0 Å². The number of halogens is 1. The van der Waals surface area contributed by atoms with Gasteiger partial charge in [-0.05, 0) is 37.2 Å². The molecule has 0 saturated carbocycles. The Morgan fingerprint density at radius 1 is 1.57 bits per heavy atom. The predicted molar refractivity (Wildman–Crippen MR) is 60.8 cm³/mol. The van der Waals surface area contributed by atoms with Gasteiger partial charge >= 0.3 is 0 Å². The minimum Gasteiger partial charge on any atom is -0.493 e. The summed E-state index contributed by atoms with van der Waals surface area (Å²) in [5.74, 6) is 1.64. The van der Waals surface area contributed by atoms with Gasteiger partial charge in [-0.15, -0.1) is 0 Å². The zero-order valence-corrected chi connectivity index (χ0v) is 9.80. The van der Waals surface area contributed by atoms with Crippen LogP contribution in [-0.4, -0.2) is 20.2 Å². The second-order valence-electron chi connectivity index (χ2n) is 3.69. The van der Waals surface area contributed by atoms with E-state index in [0.717, 1.165) is 29.8 Å². The fraction of sp³-hybridized carbons (Fsp3) is 0.455. The van der Waals surface area contributed by atoms with Crippen molar-refractivity contribution >= 4 is 15.9 Å². The number of hydrogen-bond acceptors (Lipinski definition) is 2. The van der Waals surface area contributed by atoms with Gasteiger partial charge in [0.25, 0.3) is 0 Å². The lowest BCUT2D eigenvalue weighted by Gasteiger charge is -2.25. The fourth-order valence-corrected chi connectivity index (χ4v) is 2.25. The molecule has 2 rings (SSSR count). The average molecular weight is 256 g/mol. The first kappa shape index (κ1) is 9.99. The molecular formula is C11H14BrNO. The van der Waals surface area contributed by atoms with Crippen LogP contribution in [0.1, 0.15) is 5.56 Å². The van der Waals surface area contributed by atoms with E-state index in [1.54, 1.807) is 0 Å². The summed E-state index contributed by atoms with van der Waals surface area (Å²) in [6.07, 6.45) is 1.11. The maximum atomic E-state index is 5.68. The summed E-state index contributed by atoms with van der Waals surface area (Å²) in [6.45, 7) is 1.85. The molecule has 0 spiro atoms. The van der Waals surface area contributed by atoms with Crippen LogP contribution in [0.25, 0.3) is 0 Å². The van der Waals surface area contributed by atoms with Crippen LogP contribution in [0, 0.1) is 5.92 Å². The number of benzene rings is 1. The van der Waals surface area contributed by atoms with E-state index in [2.05, 4.69) is 27.3 Å². The molecule has 14 heavy (non-hydrogen) atoms. The topological polar surface area (TPSA) is 21.3 Å². The van der Waals surface area contributed by atoms with E-state index < -0.39 is 0 Å². The van der Waals surface area contributed by atoms with Crippen molar-refractivity contribution in [3.8, 4) is 5.75 Å². The Balaban J connectivity index is 2.16. The van der Waals surface area contributed by atoms with Gasteiger partial charge in [0.05, 0.1) is 6.61 Å². The molecule has 1 heterocycles. The van der Waals surface area contributed by atoms with Crippen molar-refractivity contribution in [2.75, 3.05) is 20.2 Å². The molecule has 1 aliphatic heterocycles. The van der Waals surface area contributed by atoms with Gasteiger partial charge in [-0.2, -0.15) is 0 Å². The highest BCUT2D eigenvalue weighted by molar-refractivity contribution is 9.10. The molecular weight excluding hydrogens is 242 g/mol. The normalized spacial score (nSPS) is 20.0. The maximum Gasteiger partial charge on any atom is 0.122 e. The molecule has 2 nitrogen and oxygen atoms in total. The maximum absolute atomic E-state index is 5.68. The molecule has 1 aromatic carbocycles. The van der Waals surface area contributed by atoms with E-state index >= 15 is 0 Å². The minimum atomic E-state index is 0.599. The van der Waals surface area contributed by atoms with Crippen molar-refractivity contribution in [1.29, 1.82) is 0 Å². The molecule has 0 aromatic heterocycles. The zero-order chi connectivity index (χ0) is 9.97. The van der Waals surface area contributed by atoms with Gasteiger partial charge in [-0.1, -0.05) is 15.9 Å². The number of ether oxygens (including phenoxy) is 1. The zero-order valence-electron chi connectivity index (χ0n) is 8.22. The fourth-order valence-electron chi connectivity index (χ4n) is 1.85. The van der Waals surface area contributed by atoms with E-state index in [1.807, 2.05) is 19.2 Å². The quantitative estimate of drug-likeness (QED) is 0.876. The second kappa shape index (κ2) is 4.32. The van der Waals surface area contributed by atoms with E-state index in [1.165, 1.54) is 5.56 Å². The van der Waals surface area contributed by atoms with Gasteiger partial charge in [0.1, 0.15) is 5.75 Å². The molecule has 1 aromatic rings. The molecule has 76 valence electrons. The lowest BCUT2D eigenvalue weighted by Crippen LogP contribution is -2.29. The van der Waals surface area contributed by atoms with Gasteiger partial charge < -0.3 is 10.1 Å². The summed E-state index contributed by atoms with van der Waals surface area (Å²) in [5.41, 5.74) is 1.31. The monoisotopic (exact) mass is 255 g/mol. The Kier molecular flexibility index (Phi) is 3.08. The minimum absolute atomic E-state index is 0.599. The third kappa shape index (κ3) is 2.10. The van der Waals surface area contributed by atoms with Crippen LogP contribution in [0.2, 0.25) is 0 Å². The third-order valence-electron chi connectivity index (χ3n) is 2.50. The first-order valence-electron chi connectivity index (χ1n) is 4.85. The summed E-state index contributed by atoms with van der Waals surface area (Å²) in [4.78, 5) is 0. The summed E-state index contributed by atoms with van der Waals surface area (Å²) in [7, 11) is 1.98. The van der Waals surface area contributed by atoms with Crippen molar-refractivity contribution in [2.45, 2.75) is 6.42 Å². The smallest absolute Gasteiger partial charge is 0.122 e. The van der Waals surface area contributed by atoms with Crippen LogP contribution in [0.15, 0.2) is 22.7 Å². The van der Waals surface area contributed by atoms with E-state index in [0.29, 0.717) is 5.92 Å². The Morgan fingerprint density at radius 2 is 2.43 bits per heavy atom. The Bertz CT molecular complexity index is 327. The van der Waals surface area contributed by atoms with E-state index in [9.17, 15) is 0 Å². The third-order valence-corrected chi connectivity index (χ3v) is 2.99. The van der Waals surface area contributed by atoms with Crippen molar-refractivity contribution < 1.29 is 4.74 Å². The molecule has 1 unspecified atom stereocenters. The largest absolute Gasteiger partial charge is 0.493 e. The molecule has 1 N–H and O–H groups in total. The summed E-state index contributed by atoms with van der Waals surface area (Å²) >= 11 is 3.48. The van der Waals surface area contributed by atoms with Crippen molar-refractivity contribution in [3.05, 3.63) is 28.2 Å². The molecule has 0 saturated heterocycles. The van der Waals surface area contributed by atoms with Crippen LogP contribution in [0.4, 0.5) is 0 Å². The molecule has 0 bridgehead atoms. The highest BCUT2D eigenvalue weighted by Crippen LogP contribution is 2.29. The second-order valence-corrected chi connectivity index (χ2v) is 4.61. The number of hydrogen-bond donors (Lipinski definition) is 1. The Labute approximate surface area is 92.8 Å². The molecule has 3 heteroatoms. The number of nitrogens with one attached hydrogen (secondary N) is 1. The lowest BCUT2D eigenvalue weighted by molar-refractivity contribution is 0.220. The Hall–Kier alpha value is -0.540. The number of fused-ring (bicyclic) bond motifs is 1. The highest BCUT2D eigenvalue weighted by atomic mass is 79.9. The van der Waals surface area contributed by atoms with Crippen LogP contribution in [0.5, 0.6) is 5.75 Å². The van der Waals surface area contributed by atoms with Crippen LogP contribution in [-0.2, 0) is 6.42 Å². The molecule has 0 fully saturated rings. The van der Waals surface area contributed by atoms with E-state index in [-0.39, 0.29) is 0 Å². The summed E-state index contributed by atoms with van der Waals surface area (Å²) in [6, 6.07) is 6.21. The molecule has 0 aliphatic carbocycles. The van der Waals surface area contributed by atoms with Crippen LogP contribution >= 0.6 is 15.9 Å². The predicted octanol–water partition coefficient (Wildman–Crippen LogP) is 2.22. The number of rotatable bonds is 2. The van der Waals surface area contributed by atoms with Crippen molar-refractivity contribution in [1.82, 2.24) is 5.32 Å². The van der Waals surface area contributed by atoms with E-state index in [4.69, 9.17) is 4.74 Å². The SMILES string of the molecule is CNCC1COc2ccc(Br)cc2C1. The summed E-state index contributed by atoms with van der Waals surface area (Å²) in [5, 5.41) is 3.19. The standard InChI is InChI=1S/C11H14BrNO/c1-13-6-8-4-9-5-10(12)2-3-11(9)14-7-8/h2-3,5,8,13H,4,6-7H2,1H3. The molecule has 0 amide bonds. The highest BCUT2D eigenvalue weighted by Gasteiger charge is 2.18. The Morgan fingerprint density at radius 3 is 3.21 bits per heavy atom. The average Bonchev–Trinajstić information content (AvgIpc) is 2.17. The van der Waals surface area contributed by atoms with Gasteiger partial charge in [0.15, 0.2) is 0 Å². The molecule has 1 aliphatic rings. The van der Waals surface area contributed by atoms with Crippen LogP contribution in [0.3, 0.4) is 0 Å². The first-order chi connectivity index (χ1) is 6.79. The van der Waals surface area contributed by atoms with Gasteiger partial charge in [0, 0.05) is 16.9 Å². The lowest BCUT2D eigenvalue weighted by atomic mass is 9.97.